The minimum Gasteiger partial charge on any atom is -0.398 e. The summed E-state index contributed by atoms with van der Waals surface area (Å²) in [5, 5.41) is 10.9. The van der Waals surface area contributed by atoms with Crippen LogP contribution in [-0.4, -0.2) is 11.3 Å². The molecule has 0 amide bonds. The normalized spacial score (nSPS) is 12.9. The molecule has 4 nitrogen and oxygen atoms in total. The minimum atomic E-state index is -4.97. The fraction of sp³-hybridized carbons (Fsp3) is 0.273. The van der Waals surface area contributed by atoms with E-state index in [1.54, 1.807) is 6.92 Å². The lowest BCUT2D eigenvalue weighted by molar-refractivity contribution is -0.389. The second kappa shape index (κ2) is 5.07. The van der Waals surface area contributed by atoms with Crippen LogP contribution in [0.15, 0.2) is 30.9 Å². The molecule has 0 radical (unpaired) electrons. The van der Waals surface area contributed by atoms with Gasteiger partial charge in [0, 0.05) is 11.5 Å². The van der Waals surface area contributed by atoms with E-state index in [-0.39, 0.29) is 5.56 Å². The maximum Gasteiger partial charge on any atom is 0.573 e. The molecule has 0 aliphatic heterocycles. The van der Waals surface area contributed by atoms with Gasteiger partial charge in [0.15, 0.2) is 0 Å². The number of allylic oxidation sites excluding steroid dienone is 1. The molecule has 0 N–H and O–H groups in total. The van der Waals surface area contributed by atoms with Crippen molar-refractivity contribution >= 4 is 5.69 Å². The molecular formula is C11H10F3NO3. The molecule has 1 atom stereocenters. The average molecular weight is 261 g/mol. The maximum atomic E-state index is 12.1. The van der Waals surface area contributed by atoms with Gasteiger partial charge in [-0.1, -0.05) is 25.1 Å². The van der Waals surface area contributed by atoms with Gasteiger partial charge in [0.1, 0.15) is 0 Å². The van der Waals surface area contributed by atoms with E-state index in [1.807, 2.05) is 0 Å². The van der Waals surface area contributed by atoms with Crippen molar-refractivity contribution in [3.8, 4) is 5.75 Å². The molecule has 0 heterocycles. The van der Waals surface area contributed by atoms with Crippen LogP contribution in [0.4, 0.5) is 18.9 Å². The van der Waals surface area contributed by atoms with Crippen molar-refractivity contribution in [2.24, 2.45) is 0 Å². The lowest BCUT2D eigenvalue weighted by atomic mass is 9.99. The molecule has 1 rings (SSSR count). The molecule has 0 aliphatic carbocycles. The number of halogens is 3. The Morgan fingerprint density at radius 3 is 2.56 bits per heavy atom. The summed E-state index contributed by atoms with van der Waals surface area (Å²) in [5.41, 5.74) is -0.570. The van der Waals surface area contributed by atoms with Crippen LogP contribution in [0.25, 0.3) is 0 Å². The second-order valence-corrected chi connectivity index (χ2v) is 3.52. The molecule has 1 aromatic carbocycles. The summed E-state index contributed by atoms with van der Waals surface area (Å²) in [4.78, 5) is 9.98. The van der Waals surface area contributed by atoms with Crippen molar-refractivity contribution in [3.05, 3.63) is 46.5 Å². The maximum absolute atomic E-state index is 12.1. The van der Waals surface area contributed by atoms with E-state index in [1.165, 1.54) is 18.2 Å². The van der Waals surface area contributed by atoms with Crippen molar-refractivity contribution in [3.63, 3.8) is 0 Å². The summed E-state index contributed by atoms with van der Waals surface area (Å²) in [6, 6.07) is 3.54. The van der Waals surface area contributed by atoms with E-state index in [2.05, 4.69) is 11.3 Å². The van der Waals surface area contributed by atoms with Gasteiger partial charge >= 0.3 is 12.0 Å². The number of alkyl halides is 3. The largest absolute Gasteiger partial charge is 0.573 e. The third-order valence-electron chi connectivity index (χ3n) is 2.28. The van der Waals surface area contributed by atoms with Gasteiger partial charge in [-0.3, -0.25) is 10.1 Å². The first kappa shape index (κ1) is 14.0. The third kappa shape index (κ3) is 3.22. The second-order valence-electron chi connectivity index (χ2n) is 3.52. The Morgan fingerprint density at radius 2 is 2.11 bits per heavy atom. The zero-order valence-electron chi connectivity index (χ0n) is 9.40. The monoisotopic (exact) mass is 261 g/mol. The molecule has 18 heavy (non-hydrogen) atoms. The first-order valence-electron chi connectivity index (χ1n) is 4.92. The van der Waals surface area contributed by atoms with Crippen LogP contribution in [0.2, 0.25) is 0 Å². The van der Waals surface area contributed by atoms with E-state index >= 15 is 0 Å². The summed E-state index contributed by atoms with van der Waals surface area (Å²) in [6.45, 7) is 5.05. The van der Waals surface area contributed by atoms with Crippen LogP contribution in [0.5, 0.6) is 5.75 Å². The average Bonchev–Trinajstić information content (AvgIpc) is 2.25. The zero-order valence-corrected chi connectivity index (χ0v) is 9.40. The number of nitro groups is 1. The Bertz CT molecular complexity index is 471. The Labute approximate surface area is 101 Å². The topological polar surface area (TPSA) is 52.4 Å². The predicted molar refractivity (Wildman–Crippen MR) is 58.4 cm³/mol. The number of para-hydroxylation sites is 1. The lowest BCUT2D eigenvalue weighted by Crippen LogP contribution is -2.18. The Kier molecular flexibility index (Phi) is 3.95. The molecule has 98 valence electrons. The van der Waals surface area contributed by atoms with E-state index in [9.17, 15) is 23.3 Å². The highest BCUT2D eigenvalue weighted by atomic mass is 19.4. The summed E-state index contributed by atoms with van der Waals surface area (Å²) in [5.74, 6) is -1.28. The Balaban J connectivity index is 3.35. The molecule has 1 unspecified atom stereocenters. The van der Waals surface area contributed by atoms with E-state index in [0.717, 1.165) is 6.07 Å². The summed E-state index contributed by atoms with van der Waals surface area (Å²) >= 11 is 0. The van der Waals surface area contributed by atoms with Crippen molar-refractivity contribution in [1.82, 2.24) is 0 Å². The molecule has 0 fully saturated rings. The van der Waals surface area contributed by atoms with Gasteiger partial charge in [-0.2, -0.15) is 0 Å². The third-order valence-corrected chi connectivity index (χ3v) is 2.28. The van der Waals surface area contributed by atoms with Crippen LogP contribution >= 0.6 is 0 Å². The SMILES string of the molecule is C=CC(C)c1cccc(OC(F)(F)F)c1[N+](=O)[O-]. The Hall–Kier alpha value is -2.05. The number of hydrogen-bond donors (Lipinski definition) is 0. The molecule has 0 bridgehead atoms. The lowest BCUT2D eigenvalue weighted by Gasteiger charge is -2.13. The van der Waals surface area contributed by atoms with Gasteiger partial charge < -0.3 is 4.74 Å². The first-order chi connectivity index (χ1) is 8.26. The summed E-state index contributed by atoms with van der Waals surface area (Å²) in [7, 11) is 0. The van der Waals surface area contributed by atoms with Gasteiger partial charge in [-0.05, 0) is 6.07 Å². The smallest absolute Gasteiger partial charge is 0.398 e. The fourth-order valence-corrected chi connectivity index (χ4v) is 1.44. The number of hydrogen-bond acceptors (Lipinski definition) is 3. The Morgan fingerprint density at radius 1 is 1.50 bits per heavy atom. The first-order valence-corrected chi connectivity index (χ1v) is 4.92. The molecule has 0 saturated heterocycles. The highest BCUT2D eigenvalue weighted by Gasteiger charge is 2.35. The fourth-order valence-electron chi connectivity index (χ4n) is 1.44. The van der Waals surface area contributed by atoms with Crippen LogP contribution < -0.4 is 4.74 Å². The summed E-state index contributed by atoms with van der Waals surface area (Å²) in [6.07, 6.45) is -3.57. The molecule has 0 spiro atoms. The van der Waals surface area contributed by atoms with Crippen LogP contribution in [0.3, 0.4) is 0 Å². The number of benzene rings is 1. The van der Waals surface area contributed by atoms with Crippen molar-refractivity contribution < 1.29 is 22.8 Å². The van der Waals surface area contributed by atoms with Gasteiger partial charge in [0.25, 0.3) is 0 Å². The van der Waals surface area contributed by atoms with Gasteiger partial charge in [0.2, 0.25) is 5.75 Å². The minimum absolute atomic E-state index is 0.122. The van der Waals surface area contributed by atoms with Gasteiger partial charge in [-0.15, -0.1) is 19.8 Å². The van der Waals surface area contributed by atoms with Crippen LogP contribution in [0, 0.1) is 10.1 Å². The van der Waals surface area contributed by atoms with Crippen molar-refractivity contribution in [1.29, 1.82) is 0 Å². The highest BCUT2D eigenvalue weighted by Crippen LogP contribution is 2.38. The van der Waals surface area contributed by atoms with Gasteiger partial charge in [0.05, 0.1) is 4.92 Å². The number of ether oxygens (including phenoxy) is 1. The van der Waals surface area contributed by atoms with E-state index in [4.69, 9.17) is 0 Å². The predicted octanol–water partition coefficient (Wildman–Crippen LogP) is 3.78. The number of rotatable bonds is 4. The van der Waals surface area contributed by atoms with Crippen LogP contribution in [-0.2, 0) is 0 Å². The van der Waals surface area contributed by atoms with Gasteiger partial charge in [-0.25, -0.2) is 0 Å². The molecule has 1 aromatic rings. The van der Waals surface area contributed by atoms with E-state index < -0.39 is 28.6 Å². The molecule has 0 saturated carbocycles. The molecule has 0 aliphatic rings. The standard InChI is InChI=1S/C11H10F3NO3/c1-3-7(2)8-5-4-6-9(10(8)15(16)17)18-11(12,13)14/h3-7H,1H2,2H3. The molecular weight excluding hydrogens is 251 g/mol. The zero-order chi connectivity index (χ0) is 13.9. The summed E-state index contributed by atoms with van der Waals surface area (Å²) < 4.78 is 40.1. The van der Waals surface area contributed by atoms with Crippen LogP contribution in [0.1, 0.15) is 18.4 Å². The van der Waals surface area contributed by atoms with Crippen molar-refractivity contribution in [2.45, 2.75) is 19.2 Å². The number of nitro benzene ring substituents is 1. The molecule has 0 aromatic heterocycles. The quantitative estimate of drug-likeness (QED) is 0.470. The van der Waals surface area contributed by atoms with E-state index in [0.29, 0.717) is 0 Å². The molecule has 7 heteroatoms. The van der Waals surface area contributed by atoms with Crippen molar-refractivity contribution in [2.75, 3.05) is 0 Å². The highest BCUT2D eigenvalue weighted by molar-refractivity contribution is 5.55. The number of nitrogens with zero attached hydrogens (tertiary/aromatic N) is 1.